The van der Waals surface area contributed by atoms with Gasteiger partial charge in [-0.15, -0.1) is 9.24 Å². The maximum Gasteiger partial charge on any atom is 0.119 e. The summed E-state index contributed by atoms with van der Waals surface area (Å²) in [6.45, 7) is 3.22. The predicted octanol–water partition coefficient (Wildman–Crippen LogP) is 4.92. The Morgan fingerprint density at radius 1 is 1.28 bits per heavy atom. The lowest BCUT2D eigenvalue weighted by Gasteiger charge is -2.27. The molecule has 0 spiro atoms. The van der Waals surface area contributed by atoms with Gasteiger partial charge in [0, 0.05) is 23.7 Å². The average molecular weight is 379 g/mol. The first-order valence-corrected chi connectivity index (χ1v) is 9.70. The molecule has 0 amide bonds. The van der Waals surface area contributed by atoms with Crippen molar-refractivity contribution < 1.29 is 14.6 Å². The van der Waals surface area contributed by atoms with Crippen LogP contribution in [0.25, 0.3) is 0 Å². The van der Waals surface area contributed by atoms with Gasteiger partial charge in [0.25, 0.3) is 0 Å². The Hall–Kier alpha value is -1.12. The Bertz CT molecular complexity index is 705. The van der Waals surface area contributed by atoms with Crippen LogP contribution >= 0.6 is 20.8 Å². The van der Waals surface area contributed by atoms with Gasteiger partial charge in [-0.3, -0.25) is 0 Å². The minimum absolute atomic E-state index is 0.0719. The summed E-state index contributed by atoms with van der Waals surface area (Å²) in [5, 5.41) is 10.6. The second-order valence-electron chi connectivity index (χ2n) is 6.30. The molecule has 3 nitrogen and oxygen atoms in total. The molecule has 0 bridgehead atoms. The van der Waals surface area contributed by atoms with Crippen molar-refractivity contribution in [2.24, 2.45) is 0 Å². The molecule has 1 heterocycles. The first-order valence-electron chi connectivity index (χ1n) is 8.65. The van der Waals surface area contributed by atoms with Crippen molar-refractivity contribution in [3.63, 3.8) is 0 Å². The monoisotopic (exact) mass is 378 g/mol. The number of benzene rings is 2. The van der Waals surface area contributed by atoms with E-state index in [9.17, 15) is 5.11 Å². The van der Waals surface area contributed by atoms with Gasteiger partial charge in [0.05, 0.1) is 18.8 Å². The molecule has 0 aliphatic carbocycles. The molecule has 134 valence electrons. The third-order valence-corrected chi connectivity index (χ3v) is 5.62. The molecule has 3 unspecified atom stereocenters. The summed E-state index contributed by atoms with van der Waals surface area (Å²) in [5.74, 6) is 0.868. The summed E-state index contributed by atoms with van der Waals surface area (Å²) in [4.78, 5) is 0. The molecule has 2 aromatic rings. The lowest BCUT2D eigenvalue weighted by atomic mass is 9.95. The molecule has 0 radical (unpaired) electrons. The molecular weight excluding hydrogens is 355 g/mol. The summed E-state index contributed by atoms with van der Waals surface area (Å²) >= 11 is 6.46. The molecule has 4 atom stereocenters. The lowest BCUT2D eigenvalue weighted by Crippen LogP contribution is -2.23. The van der Waals surface area contributed by atoms with Gasteiger partial charge >= 0.3 is 0 Å². The number of rotatable bonds is 5. The third kappa shape index (κ3) is 4.54. The van der Waals surface area contributed by atoms with E-state index in [4.69, 9.17) is 21.1 Å². The number of halogens is 1. The number of aliphatic hydroxyl groups is 1. The molecule has 5 heteroatoms. The van der Waals surface area contributed by atoms with Gasteiger partial charge in [-0.1, -0.05) is 35.9 Å². The number of aliphatic hydroxyl groups excluding tert-OH is 1. The summed E-state index contributed by atoms with van der Waals surface area (Å²) in [7, 11) is 2.87. The van der Waals surface area contributed by atoms with E-state index in [1.54, 1.807) is 0 Å². The molecule has 25 heavy (non-hydrogen) atoms. The molecule has 0 saturated carbocycles. The zero-order valence-electron chi connectivity index (χ0n) is 14.3. The van der Waals surface area contributed by atoms with Crippen LogP contribution in [0.2, 0.25) is 5.02 Å². The minimum Gasteiger partial charge on any atom is -0.494 e. The van der Waals surface area contributed by atoms with E-state index in [1.807, 2.05) is 31.2 Å². The van der Waals surface area contributed by atoms with Gasteiger partial charge in [-0.05, 0) is 48.2 Å². The second kappa shape index (κ2) is 8.51. The molecule has 1 fully saturated rings. The SMILES string of the molecule is CCOc1ccc(C(P)c2cc([C@H]3CC(O)CCO3)ccc2Cl)cc1. The van der Waals surface area contributed by atoms with Crippen molar-refractivity contribution in [3.8, 4) is 5.75 Å². The van der Waals surface area contributed by atoms with Crippen molar-refractivity contribution >= 4 is 20.8 Å². The summed E-state index contributed by atoms with van der Waals surface area (Å²) in [6.07, 6.45) is 0.967. The predicted molar refractivity (Wildman–Crippen MR) is 105 cm³/mol. The molecule has 1 aliphatic rings. The van der Waals surface area contributed by atoms with E-state index in [0.717, 1.165) is 27.5 Å². The highest BCUT2D eigenvalue weighted by molar-refractivity contribution is 7.17. The van der Waals surface area contributed by atoms with Gasteiger partial charge in [0.1, 0.15) is 5.75 Å². The van der Waals surface area contributed by atoms with Crippen LogP contribution in [0.15, 0.2) is 42.5 Å². The third-order valence-electron chi connectivity index (χ3n) is 4.53. The van der Waals surface area contributed by atoms with E-state index in [0.29, 0.717) is 26.1 Å². The summed E-state index contributed by atoms with van der Waals surface area (Å²) in [5.41, 5.74) is 3.34. The molecule has 1 aliphatic heterocycles. The molecule has 0 aromatic heterocycles. The van der Waals surface area contributed by atoms with Crippen LogP contribution in [-0.2, 0) is 4.74 Å². The smallest absolute Gasteiger partial charge is 0.119 e. The fourth-order valence-electron chi connectivity index (χ4n) is 3.13. The van der Waals surface area contributed by atoms with Crippen molar-refractivity contribution in [2.75, 3.05) is 13.2 Å². The van der Waals surface area contributed by atoms with E-state index >= 15 is 0 Å². The van der Waals surface area contributed by atoms with Gasteiger partial charge < -0.3 is 14.6 Å². The van der Waals surface area contributed by atoms with E-state index < -0.39 is 0 Å². The average Bonchev–Trinajstić information content (AvgIpc) is 2.62. The van der Waals surface area contributed by atoms with Crippen LogP contribution < -0.4 is 4.74 Å². The molecular formula is C20H24ClO3P. The van der Waals surface area contributed by atoms with Gasteiger partial charge in [-0.25, -0.2) is 0 Å². The first kappa shape index (κ1) is 18.7. The van der Waals surface area contributed by atoms with Crippen LogP contribution in [0.3, 0.4) is 0 Å². The fraction of sp³-hybridized carbons (Fsp3) is 0.400. The van der Waals surface area contributed by atoms with Crippen LogP contribution in [0.4, 0.5) is 0 Å². The normalized spacial score (nSPS) is 21.8. The van der Waals surface area contributed by atoms with Crippen LogP contribution in [0.5, 0.6) is 5.75 Å². The Balaban J connectivity index is 1.84. The second-order valence-corrected chi connectivity index (χ2v) is 7.37. The number of ether oxygens (including phenoxy) is 2. The summed E-state index contributed by atoms with van der Waals surface area (Å²) in [6, 6.07) is 14.1. The molecule has 3 rings (SSSR count). The van der Waals surface area contributed by atoms with Crippen molar-refractivity contribution in [1.82, 2.24) is 0 Å². The minimum atomic E-state index is -0.296. The zero-order chi connectivity index (χ0) is 17.8. The van der Waals surface area contributed by atoms with Crippen LogP contribution in [-0.4, -0.2) is 24.4 Å². The van der Waals surface area contributed by atoms with Crippen LogP contribution in [0.1, 0.15) is 48.2 Å². The number of hydrogen-bond donors (Lipinski definition) is 1. The van der Waals surface area contributed by atoms with E-state index in [1.165, 1.54) is 0 Å². The van der Waals surface area contributed by atoms with Crippen LogP contribution in [0, 0.1) is 0 Å². The van der Waals surface area contributed by atoms with Gasteiger partial charge in [0.15, 0.2) is 0 Å². The fourth-order valence-corrected chi connectivity index (χ4v) is 3.97. The van der Waals surface area contributed by atoms with E-state index in [-0.39, 0.29) is 17.9 Å². The Labute approximate surface area is 156 Å². The number of hydrogen-bond acceptors (Lipinski definition) is 3. The highest BCUT2D eigenvalue weighted by atomic mass is 35.5. The standard InChI is InChI=1S/C20H24ClO3P/c1-2-23-16-6-3-13(4-7-16)20(25)17-11-14(5-8-18(17)21)19-12-15(22)9-10-24-19/h3-8,11,15,19-20,22H,2,9-10,12,25H2,1H3/t15?,19-,20?/m1/s1. The molecule has 1 N–H and O–H groups in total. The molecule has 2 aromatic carbocycles. The van der Waals surface area contributed by atoms with Crippen molar-refractivity contribution in [3.05, 3.63) is 64.2 Å². The quantitative estimate of drug-likeness (QED) is 0.751. The summed E-state index contributed by atoms with van der Waals surface area (Å²) < 4.78 is 11.3. The maximum atomic E-state index is 9.90. The van der Waals surface area contributed by atoms with Gasteiger partial charge in [-0.2, -0.15) is 0 Å². The van der Waals surface area contributed by atoms with Crippen molar-refractivity contribution in [2.45, 2.75) is 37.6 Å². The van der Waals surface area contributed by atoms with E-state index in [2.05, 4.69) is 27.4 Å². The first-order chi connectivity index (χ1) is 12.1. The van der Waals surface area contributed by atoms with Crippen molar-refractivity contribution in [1.29, 1.82) is 0 Å². The Kier molecular flexibility index (Phi) is 6.35. The zero-order valence-corrected chi connectivity index (χ0v) is 16.2. The Morgan fingerprint density at radius 2 is 2.04 bits per heavy atom. The maximum absolute atomic E-state index is 9.90. The topological polar surface area (TPSA) is 38.7 Å². The Morgan fingerprint density at radius 3 is 2.72 bits per heavy atom. The molecule has 1 saturated heterocycles. The van der Waals surface area contributed by atoms with Gasteiger partial charge in [0.2, 0.25) is 0 Å². The highest BCUT2D eigenvalue weighted by Gasteiger charge is 2.23. The lowest BCUT2D eigenvalue weighted by molar-refractivity contribution is -0.0448. The largest absolute Gasteiger partial charge is 0.494 e. The highest BCUT2D eigenvalue weighted by Crippen LogP contribution is 2.39.